The Morgan fingerprint density at radius 2 is 1.52 bits per heavy atom. The SMILES string of the molecule is CC.CC.Nc1cccc(S(=O)(=O)Nc2ccccc2C(=O)O)c1N. The van der Waals surface area contributed by atoms with Crippen molar-refractivity contribution < 1.29 is 18.3 Å². The zero-order valence-electron chi connectivity index (χ0n) is 14.8. The van der Waals surface area contributed by atoms with Gasteiger partial charge in [-0.3, -0.25) is 4.72 Å². The van der Waals surface area contributed by atoms with Gasteiger partial charge in [-0.2, -0.15) is 0 Å². The molecule has 0 aliphatic rings. The van der Waals surface area contributed by atoms with Gasteiger partial charge in [0.1, 0.15) is 4.90 Å². The number of nitrogens with one attached hydrogen (secondary N) is 1. The molecule has 0 unspecified atom stereocenters. The smallest absolute Gasteiger partial charge is 0.337 e. The summed E-state index contributed by atoms with van der Waals surface area (Å²) in [6.45, 7) is 8.00. The number of rotatable bonds is 4. The van der Waals surface area contributed by atoms with Crippen molar-refractivity contribution in [3.05, 3.63) is 48.0 Å². The van der Waals surface area contributed by atoms with Crippen molar-refractivity contribution in [1.29, 1.82) is 0 Å². The summed E-state index contributed by atoms with van der Waals surface area (Å²) < 4.78 is 26.8. The van der Waals surface area contributed by atoms with E-state index in [4.69, 9.17) is 16.6 Å². The van der Waals surface area contributed by atoms with Crippen LogP contribution in [-0.4, -0.2) is 19.5 Å². The molecular formula is C17H25N3O4S. The third-order valence-corrected chi connectivity index (χ3v) is 4.21. The van der Waals surface area contributed by atoms with Crippen LogP contribution in [0.15, 0.2) is 47.4 Å². The summed E-state index contributed by atoms with van der Waals surface area (Å²) in [5, 5.41) is 9.05. The van der Waals surface area contributed by atoms with E-state index in [-0.39, 0.29) is 27.5 Å². The molecule has 138 valence electrons. The molecule has 8 heteroatoms. The van der Waals surface area contributed by atoms with E-state index in [0.29, 0.717) is 0 Å². The zero-order valence-corrected chi connectivity index (χ0v) is 15.6. The molecule has 0 heterocycles. The van der Waals surface area contributed by atoms with Crippen LogP contribution >= 0.6 is 0 Å². The highest BCUT2D eigenvalue weighted by Crippen LogP contribution is 2.27. The first kappa shape index (κ1) is 22.3. The molecule has 0 atom stereocenters. The van der Waals surface area contributed by atoms with Crippen LogP contribution in [0.3, 0.4) is 0 Å². The number of hydrogen-bond donors (Lipinski definition) is 4. The van der Waals surface area contributed by atoms with E-state index in [1.807, 2.05) is 27.7 Å². The largest absolute Gasteiger partial charge is 0.478 e. The maximum absolute atomic E-state index is 12.3. The highest BCUT2D eigenvalue weighted by molar-refractivity contribution is 7.93. The molecule has 2 rings (SSSR count). The Hall–Kier alpha value is -2.74. The number of carboxylic acids is 1. The van der Waals surface area contributed by atoms with Crippen LogP contribution in [-0.2, 0) is 10.0 Å². The third-order valence-electron chi connectivity index (χ3n) is 2.79. The number of aromatic carboxylic acids is 1. The molecule has 0 fully saturated rings. The van der Waals surface area contributed by atoms with Gasteiger partial charge in [0.05, 0.1) is 22.6 Å². The number of nitrogens with two attached hydrogens (primary N) is 2. The molecule has 0 aromatic heterocycles. The van der Waals surface area contributed by atoms with Gasteiger partial charge >= 0.3 is 5.97 Å². The van der Waals surface area contributed by atoms with Crippen LogP contribution < -0.4 is 16.2 Å². The zero-order chi connectivity index (χ0) is 19.6. The quantitative estimate of drug-likeness (QED) is 0.612. The van der Waals surface area contributed by atoms with E-state index >= 15 is 0 Å². The maximum Gasteiger partial charge on any atom is 0.337 e. The van der Waals surface area contributed by atoms with E-state index in [2.05, 4.69) is 4.72 Å². The maximum atomic E-state index is 12.3. The molecule has 0 aliphatic heterocycles. The fourth-order valence-electron chi connectivity index (χ4n) is 1.75. The summed E-state index contributed by atoms with van der Waals surface area (Å²) >= 11 is 0. The first-order valence-electron chi connectivity index (χ1n) is 7.82. The highest BCUT2D eigenvalue weighted by atomic mass is 32.2. The minimum absolute atomic E-state index is 0.0492. The topological polar surface area (TPSA) is 136 Å². The Balaban J connectivity index is 0.00000134. The molecule has 0 bridgehead atoms. The van der Waals surface area contributed by atoms with Crippen molar-refractivity contribution >= 4 is 33.1 Å². The monoisotopic (exact) mass is 367 g/mol. The fourth-order valence-corrected chi connectivity index (χ4v) is 3.00. The van der Waals surface area contributed by atoms with E-state index < -0.39 is 16.0 Å². The van der Waals surface area contributed by atoms with Crippen LogP contribution in [0.25, 0.3) is 0 Å². The lowest BCUT2D eigenvalue weighted by Crippen LogP contribution is -2.17. The summed E-state index contributed by atoms with van der Waals surface area (Å²) in [4.78, 5) is 10.9. The first-order valence-corrected chi connectivity index (χ1v) is 9.30. The molecule has 7 nitrogen and oxygen atoms in total. The molecule has 0 radical (unpaired) electrons. The molecule has 0 saturated heterocycles. The van der Waals surface area contributed by atoms with Gasteiger partial charge in [0.2, 0.25) is 0 Å². The standard InChI is InChI=1S/C13H13N3O4S.2C2H6/c14-9-5-3-7-11(12(9)15)21(19,20)16-10-6-2-1-4-8(10)13(17)18;2*1-2/h1-7,16H,14-15H2,(H,17,18);2*1-2H3. The minimum Gasteiger partial charge on any atom is -0.478 e. The van der Waals surface area contributed by atoms with E-state index in [1.54, 1.807) is 0 Å². The van der Waals surface area contributed by atoms with E-state index in [0.717, 1.165) is 0 Å². The van der Waals surface area contributed by atoms with Crippen LogP contribution in [0.1, 0.15) is 38.1 Å². The lowest BCUT2D eigenvalue weighted by atomic mass is 10.2. The molecule has 2 aromatic carbocycles. The summed E-state index contributed by atoms with van der Waals surface area (Å²) in [5.74, 6) is -1.24. The van der Waals surface area contributed by atoms with Crippen LogP contribution in [0.2, 0.25) is 0 Å². The molecule has 0 saturated carbocycles. The molecule has 2 aromatic rings. The van der Waals surface area contributed by atoms with Gasteiger partial charge in [-0.05, 0) is 24.3 Å². The molecule has 0 amide bonds. The first-order chi connectivity index (χ1) is 11.8. The molecule has 25 heavy (non-hydrogen) atoms. The minimum atomic E-state index is -4.04. The number of carbonyl (C=O) groups is 1. The average molecular weight is 367 g/mol. The Kier molecular flexibility index (Phi) is 9.08. The average Bonchev–Trinajstić information content (AvgIpc) is 2.60. The number of hydrogen-bond acceptors (Lipinski definition) is 5. The molecule has 0 spiro atoms. The van der Waals surface area contributed by atoms with E-state index in [1.165, 1.54) is 42.5 Å². The normalized spacial score (nSPS) is 9.76. The second-order valence-electron chi connectivity index (χ2n) is 4.22. The van der Waals surface area contributed by atoms with Crippen molar-refractivity contribution in [2.24, 2.45) is 0 Å². The lowest BCUT2D eigenvalue weighted by molar-refractivity contribution is 0.0698. The van der Waals surface area contributed by atoms with Gasteiger partial charge in [0.15, 0.2) is 0 Å². The number of nitrogen functional groups attached to an aromatic ring is 2. The number of carboxylic acid groups (broad SMARTS) is 1. The Labute approximate surface area is 148 Å². The van der Waals surface area contributed by atoms with Crippen molar-refractivity contribution in [2.75, 3.05) is 16.2 Å². The summed E-state index contributed by atoms with van der Waals surface area (Å²) in [6.07, 6.45) is 0. The fraction of sp³-hybridized carbons (Fsp3) is 0.235. The van der Waals surface area contributed by atoms with Crippen LogP contribution in [0.4, 0.5) is 17.1 Å². The van der Waals surface area contributed by atoms with Crippen LogP contribution in [0.5, 0.6) is 0 Å². The summed E-state index contributed by atoms with van der Waals surface area (Å²) in [6, 6.07) is 9.87. The van der Waals surface area contributed by atoms with Crippen molar-refractivity contribution in [1.82, 2.24) is 0 Å². The molecule has 0 aliphatic carbocycles. The van der Waals surface area contributed by atoms with Gasteiger partial charge in [-0.15, -0.1) is 0 Å². The second kappa shape index (κ2) is 10.2. The third kappa shape index (κ3) is 5.68. The number of benzene rings is 2. The van der Waals surface area contributed by atoms with Gasteiger partial charge in [0, 0.05) is 0 Å². The highest BCUT2D eigenvalue weighted by Gasteiger charge is 2.21. The number of sulfonamides is 1. The Bertz CT molecular complexity index is 805. The van der Waals surface area contributed by atoms with Gasteiger partial charge in [-0.1, -0.05) is 45.9 Å². The van der Waals surface area contributed by atoms with Gasteiger partial charge in [-0.25, -0.2) is 13.2 Å². The summed E-state index contributed by atoms with van der Waals surface area (Å²) in [5.41, 5.74) is 11.1. The lowest BCUT2D eigenvalue weighted by Gasteiger charge is -2.12. The summed E-state index contributed by atoms with van der Waals surface area (Å²) in [7, 11) is -4.04. The number of anilines is 3. The second-order valence-corrected chi connectivity index (χ2v) is 5.87. The van der Waals surface area contributed by atoms with Crippen molar-refractivity contribution in [3.8, 4) is 0 Å². The Morgan fingerprint density at radius 3 is 2.08 bits per heavy atom. The predicted molar refractivity (Wildman–Crippen MR) is 102 cm³/mol. The number of para-hydroxylation sites is 2. The van der Waals surface area contributed by atoms with Crippen molar-refractivity contribution in [2.45, 2.75) is 32.6 Å². The van der Waals surface area contributed by atoms with Crippen LogP contribution in [0, 0.1) is 0 Å². The van der Waals surface area contributed by atoms with Gasteiger partial charge in [0.25, 0.3) is 10.0 Å². The van der Waals surface area contributed by atoms with E-state index in [9.17, 15) is 13.2 Å². The molecule has 6 N–H and O–H groups in total. The van der Waals surface area contributed by atoms with Crippen molar-refractivity contribution in [3.63, 3.8) is 0 Å². The molecular weight excluding hydrogens is 342 g/mol. The van der Waals surface area contributed by atoms with Gasteiger partial charge < -0.3 is 16.6 Å². The Morgan fingerprint density at radius 1 is 0.960 bits per heavy atom. The predicted octanol–water partition coefficient (Wildman–Crippen LogP) is 3.40.